The molecule has 5 nitrogen and oxygen atoms in total. The third-order valence-electron chi connectivity index (χ3n) is 0.569. The van der Waals surface area contributed by atoms with Gasteiger partial charge in [-0.3, -0.25) is 13.8 Å². The largest absolute Gasteiger partial charge is 0.481 e. The predicted octanol–water partition coefficient (Wildman–Crippen LogP) is -1.10. The van der Waals surface area contributed by atoms with Crippen molar-refractivity contribution in [3.8, 4) is 0 Å². The molecule has 0 aliphatic heterocycles. The molecule has 0 unspecified atom stereocenters. The van der Waals surface area contributed by atoms with Gasteiger partial charge in [0.2, 0.25) is 0 Å². The average Bonchev–Trinajstić information content (AvgIpc) is 1.58. The van der Waals surface area contributed by atoms with E-state index in [0.717, 1.165) is 0 Å². The number of rotatable bonds is 4. The molecule has 0 heterocycles. The molecule has 0 aliphatic carbocycles. The van der Waals surface area contributed by atoms with Gasteiger partial charge in [-0.2, -0.15) is 0 Å². The van der Waals surface area contributed by atoms with E-state index in [9.17, 15) is 13.8 Å². The van der Waals surface area contributed by atoms with Crippen molar-refractivity contribution in [1.29, 1.82) is 0 Å². The van der Waals surface area contributed by atoms with Crippen LogP contribution in [0.25, 0.3) is 0 Å². The van der Waals surface area contributed by atoms with Crippen molar-refractivity contribution >= 4 is 22.7 Å². The summed E-state index contributed by atoms with van der Waals surface area (Å²) >= 11 is 0. The third-order valence-corrected chi connectivity index (χ3v) is 1.71. The van der Waals surface area contributed by atoms with Gasteiger partial charge in [-0.1, -0.05) is 0 Å². The van der Waals surface area contributed by atoms with Crippen molar-refractivity contribution in [2.24, 2.45) is 0 Å². The number of hydrogen-bond acceptors (Lipinski definition) is 3. The smallest absolute Gasteiger partial charge is 0.316 e. The molecule has 12 heavy (non-hydrogen) atoms. The van der Waals surface area contributed by atoms with Crippen molar-refractivity contribution in [2.75, 3.05) is 11.5 Å². The Morgan fingerprint density at radius 2 is 1.25 bits per heavy atom. The Morgan fingerprint density at radius 3 is 1.42 bits per heavy atom. The second kappa shape index (κ2) is 9.66. The van der Waals surface area contributed by atoms with E-state index in [0.29, 0.717) is 0 Å². The molecule has 0 fully saturated rings. The Hall–Kier alpha value is 0.571. The number of carbonyl (C=O) groups is 2. The molecule has 0 aromatic rings. The summed E-state index contributed by atoms with van der Waals surface area (Å²) in [6.45, 7) is 0. The summed E-state index contributed by atoms with van der Waals surface area (Å²) in [5.41, 5.74) is 0. The molecular formula is C4H6Ag2O5S. The second-order valence-corrected chi connectivity index (χ2v) is 2.97. The Bertz CT molecular complexity index is 164. The van der Waals surface area contributed by atoms with E-state index in [-0.39, 0.29) is 44.8 Å². The van der Waals surface area contributed by atoms with Gasteiger partial charge < -0.3 is 10.2 Å². The maximum Gasteiger partial charge on any atom is 0.316 e. The third kappa shape index (κ3) is 13.2. The van der Waals surface area contributed by atoms with Crippen LogP contribution < -0.4 is 0 Å². The fourth-order valence-electron chi connectivity index (χ4n) is 0.326. The monoisotopic (exact) mass is 380 g/mol. The van der Waals surface area contributed by atoms with Crippen molar-refractivity contribution < 1.29 is 68.8 Å². The Morgan fingerprint density at radius 1 is 1.00 bits per heavy atom. The van der Waals surface area contributed by atoms with Crippen molar-refractivity contribution in [2.45, 2.75) is 0 Å². The quantitative estimate of drug-likeness (QED) is 0.603. The zero-order valence-corrected chi connectivity index (χ0v) is 9.33. The van der Waals surface area contributed by atoms with Gasteiger partial charge in [0.25, 0.3) is 0 Å². The predicted molar refractivity (Wildman–Crippen MR) is 33.1 cm³/mol. The van der Waals surface area contributed by atoms with Crippen LogP contribution in [0.5, 0.6) is 0 Å². The van der Waals surface area contributed by atoms with Crippen LogP contribution >= 0.6 is 0 Å². The molecule has 0 rings (SSSR count). The minimum Gasteiger partial charge on any atom is -0.481 e. The number of aliphatic carboxylic acids is 2. The summed E-state index contributed by atoms with van der Waals surface area (Å²) in [4.78, 5) is 19.6. The molecule has 0 atom stereocenters. The van der Waals surface area contributed by atoms with E-state index in [2.05, 4.69) is 0 Å². The molecule has 0 aliphatic rings. The van der Waals surface area contributed by atoms with E-state index in [1.165, 1.54) is 0 Å². The maximum absolute atomic E-state index is 10.4. The molecule has 0 amide bonds. The summed E-state index contributed by atoms with van der Waals surface area (Å²) in [6.07, 6.45) is 0. The first kappa shape index (κ1) is 18.4. The summed E-state index contributed by atoms with van der Waals surface area (Å²) < 4.78 is 10.4. The van der Waals surface area contributed by atoms with Gasteiger partial charge in [-0.05, 0) is 0 Å². The van der Waals surface area contributed by atoms with Crippen molar-refractivity contribution in [3.05, 3.63) is 0 Å². The normalized spacial score (nSPS) is 8.08. The molecule has 80 valence electrons. The van der Waals surface area contributed by atoms with E-state index >= 15 is 0 Å². The molecule has 0 aromatic carbocycles. The van der Waals surface area contributed by atoms with Gasteiger partial charge in [-0.25, -0.2) is 0 Å². The Kier molecular flexibility index (Phi) is 14.8. The van der Waals surface area contributed by atoms with Gasteiger partial charge in [-0.15, -0.1) is 0 Å². The fourth-order valence-corrected chi connectivity index (χ4v) is 0.979. The fraction of sp³-hybridized carbons (Fsp3) is 0.500. The van der Waals surface area contributed by atoms with Crippen LogP contribution in [-0.4, -0.2) is 37.9 Å². The Labute approximate surface area is 102 Å². The SMILES string of the molecule is O=C(O)CS(=O)CC(=O)O.[Ag].[Ag]. The second-order valence-electron chi connectivity index (χ2n) is 1.52. The molecule has 2 N–H and O–H groups in total. The molecule has 0 aromatic heterocycles. The van der Waals surface area contributed by atoms with Crippen LogP contribution in [0.3, 0.4) is 0 Å². The minimum atomic E-state index is -1.78. The summed E-state index contributed by atoms with van der Waals surface area (Å²) in [5, 5.41) is 16.0. The first-order chi connectivity index (χ1) is 4.52. The van der Waals surface area contributed by atoms with E-state index < -0.39 is 34.2 Å². The van der Waals surface area contributed by atoms with E-state index in [1.807, 2.05) is 0 Å². The van der Waals surface area contributed by atoms with Crippen LogP contribution in [0.15, 0.2) is 0 Å². The van der Waals surface area contributed by atoms with Crippen LogP contribution in [0.1, 0.15) is 0 Å². The van der Waals surface area contributed by atoms with Crippen LogP contribution in [-0.2, 0) is 65.1 Å². The Balaban J connectivity index is -0.000000405. The number of carboxylic acids is 2. The topological polar surface area (TPSA) is 91.7 Å². The van der Waals surface area contributed by atoms with Gasteiger partial charge >= 0.3 is 11.9 Å². The number of hydrogen-bond donors (Lipinski definition) is 2. The minimum absolute atomic E-state index is 0. The van der Waals surface area contributed by atoms with Crippen LogP contribution in [0.2, 0.25) is 0 Å². The standard InChI is InChI=1S/C4H6O5S.2Ag/c5-3(6)1-10(9)2-4(7)8;;/h1-2H2,(H,5,6)(H,7,8);;. The summed E-state index contributed by atoms with van der Waals surface area (Å²) in [6, 6.07) is 0. The van der Waals surface area contributed by atoms with Gasteiger partial charge in [0, 0.05) is 55.6 Å². The zero-order chi connectivity index (χ0) is 8.15. The molecule has 2 radical (unpaired) electrons. The van der Waals surface area contributed by atoms with Crippen molar-refractivity contribution in [1.82, 2.24) is 0 Å². The molecular weight excluding hydrogens is 376 g/mol. The van der Waals surface area contributed by atoms with Gasteiger partial charge in [0.15, 0.2) is 0 Å². The molecule has 0 saturated carbocycles. The first-order valence-corrected chi connectivity index (χ1v) is 3.79. The molecule has 0 spiro atoms. The van der Waals surface area contributed by atoms with Crippen molar-refractivity contribution in [3.63, 3.8) is 0 Å². The van der Waals surface area contributed by atoms with E-state index in [4.69, 9.17) is 10.2 Å². The van der Waals surface area contributed by atoms with Crippen LogP contribution in [0, 0.1) is 0 Å². The van der Waals surface area contributed by atoms with E-state index in [1.54, 1.807) is 0 Å². The van der Waals surface area contributed by atoms with Gasteiger partial charge in [0.05, 0.1) is 0 Å². The molecule has 0 bridgehead atoms. The molecule has 8 heteroatoms. The summed E-state index contributed by atoms with van der Waals surface area (Å²) in [7, 11) is -1.78. The maximum atomic E-state index is 10.4. The summed E-state index contributed by atoms with van der Waals surface area (Å²) in [5.74, 6) is -3.71. The zero-order valence-electron chi connectivity index (χ0n) is 5.54. The van der Waals surface area contributed by atoms with Gasteiger partial charge in [0.1, 0.15) is 11.5 Å². The number of carboxylic acid groups (broad SMARTS) is 2. The molecule has 0 saturated heterocycles. The first-order valence-electron chi connectivity index (χ1n) is 2.31. The van der Waals surface area contributed by atoms with Crippen LogP contribution in [0.4, 0.5) is 0 Å². The average molecular weight is 382 g/mol.